The largest absolute Gasteiger partial charge is 0.507 e. The number of nitrogens with zero attached hydrogens (tertiary/aromatic N) is 1. The number of carbonyl (C=O) groups is 2. The van der Waals surface area contributed by atoms with Crippen molar-refractivity contribution < 1.29 is 14.7 Å². The monoisotopic (exact) mass is 309 g/mol. The summed E-state index contributed by atoms with van der Waals surface area (Å²) in [4.78, 5) is 23.2. The molecule has 0 aliphatic carbocycles. The lowest BCUT2D eigenvalue weighted by atomic mass is 10.0. The average molecular weight is 309 g/mol. The zero-order valence-corrected chi connectivity index (χ0v) is 12.2. The highest BCUT2D eigenvalue weighted by Gasteiger charge is 2.14. The zero-order chi connectivity index (χ0) is 16.2. The van der Waals surface area contributed by atoms with Gasteiger partial charge in [-0.15, -0.1) is 0 Å². The van der Waals surface area contributed by atoms with Gasteiger partial charge in [-0.2, -0.15) is 5.10 Å². The molecule has 23 heavy (non-hydrogen) atoms. The summed E-state index contributed by atoms with van der Waals surface area (Å²) in [5, 5.41) is 16.4. The highest BCUT2D eigenvalue weighted by molar-refractivity contribution is 6.07. The topological polar surface area (TPSA) is 90.8 Å². The Kier molecular flexibility index (Phi) is 4.05. The van der Waals surface area contributed by atoms with Crippen LogP contribution in [0.2, 0.25) is 0 Å². The molecule has 0 saturated heterocycles. The van der Waals surface area contributed by atoms with Gasteiger partial charge in [0.15, 0.2) is 0 Å². The lowest BCUT2D eigenvalue weighted by Crippen LogP contribution is -2.25. The summed E-state index contributed by atoms with van der Waals surface area (Å²) in [6.45, 7) is 0. The number of hydrogen-bond acceptors (Lipinski definition) is 4. The number of hydrogen-bond donors (Lipinski definition) is 3. The van der Waals surface area contributed by atoms with Crippen molar-refractivity contribution in [3.8, 4) is 5.75 Å². The van der Waals surface area contributed by atoms with Crippen LogP contribution in [-0.2, 0) is 4.79 Å². The summed E-state index contributed by atoms with van der Waals surface area (Å²) in [7, 11) is 0. The van der Waals surface area contributed by atoms with Crippen LogP contribution in [0, 0.1) is 0 Å². The lowest BCUT2D eigenvalue weighted by Gasteiger charge is -2.12. The highest BCUT2D eigenvalue weighted by Crippen LogP contribution is 2.19. The molecular weight excluding hydrogens is 294 g/mol. The number of aromatic hydroxyl groups is 1. The Labute approximate surface area is 132 Å². The second-order valence-electron chi connectivity index (χ2n) is 5.14. The number of phenolic OH excluding ortho intramolecular Hbond substituents is 1. The van der Waals surface area contributed by atoms with Crippen LogP contribution in [0.5, 0.6) is 5.75 Å². The molecule has 0 bridgehead atoms. The highest BCUT2D eigenvalue weighted by atomic mass is 16.3. The number of nitrogens with one attached hydrogen (secondary N) is 2. The molecule has 0 radical (unpaired) electrons. The van der Waals surface area contributed by atoms with Crippen molar-refractivity contribution in [2.45, 2.75) is 12.8 Å². The smallest absolute Gasteiger partial charge is 0.259 e. The van der Waals surface area contributed by atoms with Crippen LogP contribution in [0.3, 0.4) is 0 Å². The Morgan fingerprint density at radius 2 is 1.83 bits per heavy atom. The first-order valence-corrected chi connectivity index (χ1v) is 7.18. The molecule has 0 unspecified atom stereocenters. The molecule has 0 spiro atoms. The van der Waals surface area contributed by atoms with Gasteiger partial charge >= 0.3 is 0 Å². The molecule has 6 nitrogen and oxygen atoms in total. The third-order valence-corrected chi connectivity index (χ3v) is 3.53. The maximum atomic E-state index is 12.1. The normalized spacial score (nSPS) is 13.9. The first-order chi connectivity index (χ1) is 11.1. The van der Waals surface area contributed by atoms with Crippen LogP contribution >= 0.6 is 0 Å². The third kappa shape index (κ3) is 3.37. The van der Waals surface area contributed by atoms with E-state index in [4.69, 9.17) is 0 Å². The van der Waals surface area contributed by atoms with Crippen molar-refractivity contribution >= 4 is 23.2 Å². The molecular formula is C17H15N3O3. The van der Waals surface area contributed by atoms with Gasteiger partial charge in [0, 0.05) is 18.5 Å². The molecule has 3 rings (SSSR count). The molecule has 116 valence electrons. The molecule has 2 aromatic carbocycles. The molecule has 0 aromatic heterocycles. The van der Waals surface area contributed by atoms with Crippen LogP contribution in [0.15, 0.2) is 53.6 Å². The van der Waals surface area contributed by atoms with Gasteiger partial charge in [-0.05, 0) is 29.8 Å². The van der Waals surface area contributed by atoms with Crippen LogP contribution < -0.4 is 10.7 Å². The van der Waals surface area contributed by atoms with Crippen molar-refractivity contribution in [2.75, 3.05) is 5.32 Å². The van der Waals surface area contributed by atoms with Crippen molar-refractivity contribution in [3.05, 3.63) is 59.7 Å². The predicted molar refractivity (Wildman–Crippen MR) is 86.4 cm³/mol. The van der Waals surface area contributed by atoms with E-state index < -0.39 is 0 Å². The van der Waals surface area contributed by atoms with Gasteiger partial charge in [0.05, 0.1) is 11.3 Å². The van der Waals surface area contributed by atoms with E-state index >= 15 is 0 Å². The van der Waals surface area contributed by atoms with Crippen molar-refractivity contribution in [1.82, 2.24) is 5.43 Å². The second-order valence-corrected chi connectivity index (χ2v) is 5.14. The minimum Gasteiger partial charge on any atom is -0.507 e. The van der Waals surface area contributed by atoms with Gasteiger partial charge in [-0.3, -0.25) is 9.59 Å². The summed E-state index contributed by atoms with van der Waals surface area (Å²) in [5.41, 5.74) is 4.99. The van der Waals surface area contributed by atoms with Gasteiger partial charge in [0.1, 0.15) is 5.75 Å². The molecule has 3 N–H and O–H groups in total. The van der Waals surface area contributed by atoms with Crippen molar-refractivity contribution in [1.29, 1.82) is 0 Å². The molecule has 2 aromatic rings. The standard InChI is InChI=1S/C17H15N3O3/c21-15-4-2-1-3-13(15)17(23)18-12-7-5-11(6-8-12)14-9-10-16(22)20-19-14/h1-8,21H,9-10H2,(H,18,23)(H,20,22). The average Bonchev–Trinajstić information content (AvgIpc) is 2.57. The number of anilines is 1. The van der Waals surface area contributed by atoms with Crippen molar-refractivity contribution in [2.24, 2.45) is 5.10 Å². The Bertz CT molecular complexity index is 782. The van der Waals surface area contributed by atoms with E-state index in [1.54, 1.807) is 30.3 Å². The van der Waals surface area contributed by atoms with Crippen LogP contribution in [-0.4, -0.2) is 22.6 Å². The Morgan fingerprint density at radius 3 is 2.48 bits per heavy atom. The third-order valence-electron chi connectivity index (χ3n) is 3.53. The van der Waals surface area contributed by atoms with Crippen molar-refractivity contribution in [3.63, 3.8) is 0 Å². The van der Waals surface area contributed by atoms with E-state index in [2.05, 4.69) is 15.8 Å². The minimum absolute atomic E-state index is 0.0612. The molecule has 6 heteroatoms. The Morgan fingerprint density at radius 1 is 1.09 bits per heavy atom. The summed E-state index contributed by atoms with van der Waals surface area (Å²) >= 11 is 0. The minimum atomic E-state index is -0.377. The first kappa shape index (κ1) is 14.8. The molecule has 1 aliphatic rings. The first-order valence-electron chi connectivity index (χ1n) is 7.18. The maximum Gasteiger partial charge on any atom is 0.259 e. The fourth-order valence-corrected chi connectivity index (χ4v) is 2.29. The van der Waals surface area contributed by atoms with E-state index in [0.29, 0.717) is 18.5 Å². The number of amides is 2. The summed E-state index contributed by atoms with van der Waals surface area (Å²) in [6, 6.07) is 13.5. The van der Waals surface area contributed by atoms with Gasteiger partial charge in [0.25, 0.3) is 5.91 Å². The van der Waals surface area contributed by atoms with E-state index in [1.165, 1.54) is 6.07 Å². The quantitative estimate of drug-likeness (QED) is 0.812. The summed E-state index contributed by atoms with van der Waals surface area (Å²) < 4.78 is 0. The van der Waals surface area contributed by atoms with E-state index in [-0.39, 0.29) is 23.1 Å². The van der Waals surface area contributed by atoms with Gasteiger partial charge in [-0.25, -0.2) is 5.43 Å². The number of rotatable bonds is 3. The number of carbonyl (C=O) groups excluding carboxylic acids is 2. The fraction of sp³-hybridized carbons (Fsp3) is 0.118. The molecule has 1 aliphatic heterocycles. The SMILES string of the molecule is O=C1CCC(c2ccc(NC(=O)c3ccccc3O)cc2)=NN1. The zero-order valence-electron chi connectivity index (χ0n) is 12.2. The molecule has 2 amide bonds. The van der Waals surface area contributed by atoms with E-state index in [0.717, 1.165) is 11.3 Å². The Balaban J connectivity index is 1.72. The Hall–Kier alpha value is -3.15. The van der Waals surface area contributed by atoms with E-state index in [1.807, 2.05) is 12.1 Å². The second kappa shape index (κ2) is 6.31. The number of benzene rings is 2. The lowest BCUT2D eigenvalue weighted by molar-refractivity contribution is -0.121. The predicted octanol–water partition coefficient (Wildman–Crippen LogP) is 2.26. The van der Waals surface area contributed by atoms with Gasteiger partial charge in [0.2, 0.25) is 5.91 Å². The maximum absolute atomic E-state index is 12.1. The number of phenols is 1. The fourth-order valence-electron chi connectivity index (χ4n) is 2.29. The molecule has 0 saturated carbocycles. The molecule has 0 fully saturated rings. The van der Waals surface area contributed by atoms with Gasteiger partial charge < -0.3 is 10.4 Å². The van der Waals surface area contributed by atoms with E-state index in [9.17, 15) is 14.7 Å². The van der Waals surface area contributed by atoms with Crippen LogP contribution in [0.25, 0.3) is 0 Å². The van der Waals surface area contributed by atoms with Crippen LogP contribution in [0.4, 0.5) is 5.69 Å². The van der Waals surface area contributed by atoms with Gasteiger partial charge in [-0.1, -0.05) is 24.3 Å². The summed E-state index contributed by atoms with van der Waals surface area (Å²) in [6.07, 6.45) is 1.01. The molecule has 0 atom stereocenters. The number of para-hydroxylation sites is 1. The summed E-state index contributed by atoms with van der Waals surface area (Å²) in [5.74, 6) is -0.521. The van der Waals surface area contributed by atoms with Crippen LogP contribution in [0.1, 0.15) is 28.8 Å². The molecule has 1 heterocycles. The number of hydrazone groups is 1.